The lowest BCUT2D eigenvalue weighted by molar-refractivity contribution is -0.142. The predicted molar refractivity (Wildman–Crippen MR) is 151 cm³/mol. The molecule has 1 fully saturated rings. The van der Waals surface area contributed by atoms with Crippen molar-refractivity contribution in [1.29, 1.82) is 0 Å². The van der Waals surface area contributed by atoms with Gasteiger partial charge in [-0.25, -0.2) is 4.79 Å². The van der Waals surface area contributed by atoms with Crippen molar-refractivity contribution in [1.82, 2.24) is 15.5 Å². The minimum Gasteiger partial charge on any atom is -0.508 e. The number of hydrogen-bond acceptors (Lipinski definition) is 5. The Morgan fingerprint density at radius 3 is 2.23 bits per heavy atom. The molecule has 3 amide bonds. The molecule has 1 aliphatic rings. The summed E-state index contributed by atoms with van der Waals surface area (Å²) in [6.07, 6.45) is 5.27. The van der Waals surface area contributed by atoms with Crippen molar-refractivity contribution in [3.05, 3.63) is 65.7 Å². The Morgan fingerprint density at radius 1 is 1.00 bits per heavy atom. The van der Waals surface area contributed by atoms with Crippen LogP contribution in [0.4, 0.5) is 4.79 Å². The lowest BCUT2D eigenvalue weighted by atomic mass is 9.94. The summed E-state index contributed by atoms with van der Waals surface area (Å²) in [7, 11) is 0. The molecule has 2 aromatic rings. The number of hydrogen-bond donors (Lipinski definition) is 3. The van der Waals surface area contributed by atoms with E-state index in [2.05, 4.69) is 10.6 Å². The highest BCUT2D eigenvalue weighted by Crippen LogP contribution is 2.26. The summed E-state index contributed by atoms with van der Waals surface area (Å²) in [6, 6.07) is 14.1. The molecule has 2 atom stereocenters. The summed E-state index contributed by atoms with van der Waals surface area (Å²) in [5.41, 5.74) is 0.723. The van der Waals surface area contributed by atoms with E-state index in [-0.39, 0.29) is 30.0 Å². The number of carbonyl (C=O) groups excluding carboxylic acids is 3. The average molecular weight is 538 g/mol. The van der Waals surface area contributed by atoms with Crippen molar-refractivity contribution >= 4 is 17.9 Å². The zero-order chi connectivity index (χ0) is 28.4. The number of rotatable bonds is 10. The van der Waals surface area contributed by atoms with Gasteiger partial charge in [-0.15, -0.1) is 0 Å². The van der Waals surface area contributed by atoms with Gasteiger partial charge in [-0.2, -0.15) is 0 Å². The SMILES string of the molecule is CCCN(C(=O)C(Cc1ccc(O)cc1)NC(=O)OC(C)(C)C)C(C(=O)NC1CCCCC1)c1ccccc1. The first kappa shape index (κ1) is 30.0. The van der Waals surface area contributed by atoms with E-state index >= 15 is 0 Å². The summed E-state index contributed by atoms with van der Waals surface area (Å²) in [4.78, 5) is 42.5. The van der Waals surface area contributed by atoms with Gasteiger partial charge < -0.3 is 25.4 Å². The largest absolute Gasteiger partial charge is 0.508 e. The Morgan fingerprint density at radius 2 is 1.64 bits per heavy atom. The fourth-order valence-electron chi connectivity index (χ4n) is 4.96. The van der Waals surface area contributed by atoms with Crippen LogP contribution < -0.4 is 10.6 Å². The molecule has 1 aliphatic carbocycles. The van der Waals surface area contributed by atoms with Gasteiger partial charge >= 0.3 is 6.09 Å². The minimum absolute atomic E-state index is 0.0868. The normalized spacial score (nSPS) is 15.6. The van der Waals surface area contributed by atoms with Crippen LogP contribution in [-0.2, 0) is 20.7 Å². The number of nitrogens with zero attached hydrogens (tertiary/aromatic N) is 1. The highest BCUT2D eigenvalue weighted by atomic mass is 16.6. The molecule has 1 saturated carbocycles. The number of benzene rings is 2. The number of carbonyl (C=O) groups is 3. The summed E-state index contributed by atoms with van der Waals surface area (Å²) >= 11 is 0. The fourth-order valence-corrected chi connectivity index (χ4v) is 4.96. The maximum Gasteiger partial charge on any atom is 0.408 e. The Labute approximate surface area is 232 Å². The third-order valence-corrected chi connectivity index (χ3v) is 6.74. The maximum absolute atomic E-state index is 14.2. The number of nitrogens with one attached hydrogen (secondary N) is 2. The summed E-state index contributed by atoms with van der Waals surface area (Å²) in [5, 5.41) is 15.7. The quantitative estimate of drug-likeness (QED) is 0.383. The van der Waals surface area contributed by atoms with Gasteiger partial charge in [-0.05, 0) is 63.3 Å². The molecule has 39 heavy (non-hydrogen) atoms. The highest BCUT2D eigenvalue weighted by molar-refractivity contribution is 5.92. The van der Waals surface area contributed by atoms with Crippen molar-refractivity contribution in [2.75, 3.05) is 6.54 Å². The Hall–Kier alpha value is -3.55. The minimum atomic E-state index is -0.982. The molecule has 8 heteroatoms. The molecule has 8 nitrogen and oxygen atoms in total. The zero-order valence-corrected chi connectivity index (χ0v) is 23.6. The van der Waals surface area contributed by atoms with Gasteiger partial charge in [-0.3, -0.25) is 9.59 Å². The van der Waals surface area contributed by atoms with Gasteiger partial charge in [0.15, 0.2) is 0 Å². The molecule has 212 valence electrons. The maximum atomic E-state index is 14.2. The standard InChI is InChI=1S/C31H43N3O5/c1-5-20-34(27(23-12-8-6-9-13-23)28(36)32-24-14-10-7-11-15-24)29(37)26(33-30(38)39-31(2,3)4)21-22-16-18-25(35)19-17-22/h6,8-9,12-13,16-19,24,26-27,35H,5,7,10-11,14-15,20-21H2,1-4H3,(H,32,36)(H,33,38). The van der Waals surface area contributed by atoms with E-state index < -0.39 is 23.8 Å². The molecule has 0 aliphatic heterocycles. The molecule has 0 bridgehead atoms. The second kappa shape index (κ2) is 14.0. The molecule has 3 N–H and O–H groups in total. The van der Waals surface area contributed by atoms with Gasteiger partial charge in [0, 0.05) is 19.0 Å². The van der Waals surface area contributed by atoms with E-state index in [1.54, 1.807) is 49.9 Å². The van der Waals surface area contributed by atoms with E-state index in [1.807, 2.05) is 37.3 Å². The summed E-state index contributed by atoms with van der Waals surface area (Å²) < 4.78 is 5.47. The number of aromatic hydroxyl groups is 1. The van der Waals surface area contributed by atoms with Crippen molar-refractivity contribution in [3.63, 3.8) is 0 Å². The molecule has 2 aromatic carbocycles. The van der Waals surface area contributed by atoms with Crippen LogP contribution in [0.25, 0.3) is 0 Å². The van der Waals surface area contributed by atoms with E-state index in [0.717, 1.165) is 31.2 Å². The first-order valence-electron chi connectivity index (χ1n) is 14.0. The second-order valence-electron chi connectivity index (χ2n) is 11.3. The van der Waals surface area contributed by atoms with Crippen LogP contribution in [0.1, 0.15) is 83.4 Å². The molecular formula is C31H43N3O5. The predicted octanol–water partition coefficient (Wildman–Crippen LogP) is 5.26. The summed E-state index contributed by atoms with van der Waals surface area (Å²) in [5.74, 6) is -0.475. The van der Waals surface area contributed by atoms with Gasteiger partial charge in [0.05, 0.1) is 0 Å². The van der Waals surface area contributed by atoms with E-state index in [9.17, 15) is 19.5 Å². The molecule has 2 unspecified atom stereocenters. The highest BCUT2D eigenvalue weighted by Gasteiger charge is 2.36. The lowest BCUT2D eigenvalue weighted by Gasteiger charge is -2.35. The van der Waals surface area contributed by atoms with Crippen molar-refractivity contribution in [2.24, 2.45) is 0 Å². The average Bonchev–Trinajstić information content (AvgIpc) is 2.89. The van der Waals surface area contributed by atoms with E-state index in [0.29, 0.717) is 18.5 Å². The molecule has 0 heterocycles. The van der Waals surface area contributed by atoms with Crippen molar-refractivity contribution in [2.45, 2.75) is 96.4 Å². The van der Waals surface area contributed by atoms with Crippen molar-refractivity contribution < 1.29 is 24.2 Å². The molecule has 0 spiro atoms. The zero-order valence-electron chi connectivity index (χ0n) is 23.6. The van der Waals surface area contributed by atoms with Crippen LogP contribution in [0, 0.1) is 0 Å². The van der Waals surface area contributed by atoms with Crippen LogP contribution in [0.3, 0.4) is 0 Å². The number of ether oxygens (including phenoxy) is 1. The smallest absolute Gasteiger partial charge is 0.408 e. The van der Waals surface area contributed by atoms with Crippen LogP contribution in [0.5, 0.6) is 5.75 Å². The first-order valence-corrected chi connectivity index (χ1v) is 14.0. The molecule has 0 radical (unpaired) electrons. The van der Waals surface area contributed by atoms with Crippen molar-refractivity contribution in [3.8, 4) is 5.75 Å². The topological polar surface area (TPSA) is 108 Å². The molecule has 0 aromatic heterocycles. The van der Waals surface area contributed by atoms with Gasteiger partial charge in [0.2, 0.25) is 11.8 Å². The van der Waals surface area contributed by atoms with Crippen LogP contribution >= 0.6 is 0 Å². The van der Waals surface area contributed by atoms with Crippen LogP contribution in [0.15, 0.2) is 54.6 Å². The molecule has 3 rings (SSSR count). The fraction of sp³-hybridized carbons (Fsp3) is 0.516. The number of phenolic OH excluding ortho intramolecular Hbond substituents is 1. The molecular weight excluding hydrogens is 494 g/mol. The second-order valence-corrected chi connectivity index (χ2v) is 11.3. The third-order valence-electron chi connectivity index (χ3n) is 6.74. The monoisotopic (exact) mass is 537 g/mol. The first-order chi connectivity index (χ1) is 18.6. The number of alkyl carbamates (subject to hydrolysis) is 1. The van der Waals surface area contributed by atoms with Gasteiger partial charge in [-0.1, -0.05) is 68.7 Å². The Balaban J connectivity index is 1.95. The lowest BCUT2D eigenvalue weighted by Crippen LogP contribution is -2.54. The van der Waals surface area contributed by atoms with E-state index in [4.69, 9.17) is 4.74 Å². The van der Waals surface area contributed by atoms with Crippen LogP contribution in [-0.4, -0.2) is 52.1 Å². The third kappa shape index (κ3) is 9.30. The van der Waals surface area contributed by atoms with Gasteiger partial charge in [0.25, 0.3) is 0 Å². The Kier molecular flexibility index (Phi) is 10.8. The molecule has 0 saturated heterocycles. The van der Waals surface area contributed by atoms with Gasteiger partial charge in [0.1, 0.15) is 23.4 Å². The summed E-state index contributed by atoms with van der Waals surface area (Å²) in [6.45, 7) is 7.56. The van der Waals surface area contributed by atoms with E-state index in [1.165, 1.54) is 6.42 Å². The number of phenols is 1. The van der Waals surface area contributed by atoms with Crippen LogP contribution in [0.2, 0.25) is 0 Å². The number of amides is 3. The Bertz CT molecular complexity index is 1080.